The molecule has 0 bridgehead atoms. The molecular formula is C11H16N2O. The lowest BCUT2D eigenvalue weighted by atomic mass is 9.93. The SMILES string of the molecule is COc1cc(N)cc(NC2CCC2)c1. The number of nitrogen functional groups attached to an aromatic ring is 1. The maximum Gasteiger partial charge on any atom is 0.122 e. The fourth-order valence-electron chi connectivity index (χ4n) is 1.61. The van der Waals surface area contributed by atoms with Crippen LogP contribution >= 0.6 is 0 Å². The quantitative estimate of drug-likeness (QED) is 0.722. The van der Waals surface area contributed by atoms with E-state index in [0.29, 0.717) is 6.04 Å². The van der Waals surface area contributed by atoms with Crippen molar-refractivity contribution in [2.75, 3.05) is 18.2 Å². The van der Waals surface area contributed by atoms with Gasteiger partial charge in [0, 0.05) is 29.5 Å². The van der Waals surface area contributed by atoms with Gasteiger partial charge >= 0.3 is 0 Å². The van der Waals surface area contributed by atoms with E-state index in [4.69, 9.17) is 10.5 Å². The van der Waals surface area contributed by atoms with Crippen molar-refractivity contribution in [3.8, 4) is 5.75 Å². The molecule has 1 aromatic rings. The molecule has 0 spiro atoms. The third-order valence-corrected chi connectivity index (χ3v) is 2.64. The molecule has 1 saturated carbocycles. The average Bonchev–Trinajstić information content (AvgIpc) is 2.10. The summed E-state index contributed by atoms with van der Waals surface area (Å²) in [7, 11) is 1.65. The molecule has 1 fully saturated rings. The van der Waals surface area contributed by atoms with Crippen LogP contribution in [0.15, 0.2) is 18.2 Å². The molecule has 76 valence electrons. The topological polar surface area (TPSA) is 47.3 Å². The average molecular weight is 192 g/mol. The molecule has 0 aliphatic heterocycles. The molecule has 2 rings (SSSR count). The van der Waals surface area contributed by atoms with Crippen molar-refractivity contribution in [2.45, 2.75) is 25.3 Å². The summed E-state index contributed by atoms with van der Waals surface area (Å²) < 4.78 is 5.15. The van der Waals surface area contributed by atoms with Crippen LogP contribution in [0.5, 0.6) is 5.75 Å². The number of rotatable bonds is 3. The van der Waals surface area contributed by atoms with Crippen molar-refractivity contribution in [3.63, 3.8) is 0 Å². The standard InChI is InChI=1S/C11H16N2O/c1-14-11-6-8(12)5-10(7-11)13-9-3-2-4-9/h5-7,9,13H,2-4,12H2,1H3. The third kappa shape index (κ3) is 1.92. The first-order chi connectivity index (χ1) is 6.78. The third-order valence-electron chi connectivity index (χ3n) is 2.64. The van der Waals surface area contributed by atoms with Crippen LogP contribution in [0.2, 0.25) is 0 Å². The van der Waals surface area contributed by atoms with Gasteiger partial charge in [-0.15, -0.1) is 0 Å². The first kappa shape index (κ1) is 9.19. The number of nitrogens with two attached hydrogens (primary N) is 1. The van der Waals surface area contributed by atoms with E-state index in [1.165, 1.54) is 19.3 Å². The van der Waals surface area contributed by atoms with Crippen molar-refractivity contribution in [1.82, 2.24) is 0 Å². The van der Waals surface area contributed by atoms with E-state index < -0.39 is 0 Å². The maximum absolute atomic E-state index is 5.75. The summed E-state index contributed by atoms with van der Waals surface area (Å²) >= 11 is 0. The van der Waals surface area contributed by atoms with Gasteiger partial charge in [0.25, 0.3) is 0 Å². The Morgan fingerprint density at radius 2 is 2.14 bits per heavy atom. The molecule has 0 aromatic heterocycles. The Balaban J connectivity index is 2.11. The van der Waals surface area contributed by atoms with E-state index in [1.807, 2.05) is 18.2 Å². The predicted octanol–water partition coefficient (Wildman–Crippen LogP) is 2.24. The van der Waals surface area contributed by atoms with Crippen molar-refractivity contribution in [2.24, 2.45) is 0 Å². The summed E-state index contributed by atoms with van der Waals surface area (Å²) in [5, 5.41) is 3.43. The van der Waals surface area contributed by atoms with Gasteiger partial charge in [-0.1, -0.05) is 0 Å². The van der Waals surface area contributed by atoms with E-state index in [0.717, 1.165) is 17.1 Å². The molecule has 3 nitrogen and oxygen atoms in total. The van der Waals surface area contributed by atoms with E-state index >= 15 is 0 Å². The van der Waals surface area contributed by atoms with Crippen LogP contribution < -0.4 is 15.8 Å². The van der Waals surface area contributed by atoms with Gasteiger partial charge in [-0.05, 0) is 25.3 Å². The second kappa shape index (κ2) is 3.78. The van der Waals surface area contributed by atoms with Gasteiger partial charge in [0.15, 0.2) is 0 Å². The molecule has 0 heterocycles. The summed E-state index contributed by atoms with van der Waals surface area (Å²) in [6.07, 6.45) is 3.85. The zero-order valence-corrected chi connectivity index (χ0v) is 8.42. The van der Waals surface area contributed by atoms with Gasteiger partial charge < -0.3 is 15.8 Å². The largest absolute Gasteiger partial charge is 0.497 e. The summed E-state index contributed by atoms with van der Waals surface area (Å²) in [6.45, 7) is 0. The Bertz CT molecular complexity index is 321. The highest BCUT2D eigenvalue weighted by atomic mass is 16.5. The Labute approximate surface area is 84.3 Å². The van der Waals surface area contributed by atoms with Crippen LogP contribution in [-0.4, -0.2) is 13.2 Å². The molecule has 14 heavy (non-hydrogen) atoms. The van der Waals surface area contributed by atoms with Crippen LogP contribution in [0.4, 0.5) is 11.4 Å². The highest BCUT2D eigenvalue weighted by molar-refractivity contribution is 5.59. The molecule has 0 atom stereocenters. The van der Waals surface area contributed by atoms with Gasteiger partial charge in [0.2, 0.25) is 0 Å². The lowest BCUT2D eigenvalue weighted by Gasteiger charge is -2.27. The van der Waals surface area contributed by atoms with Gasteiger partial charge in [-0.25, -0.2) is 0 Å². The van der Waals surface area contributed by atoms with Crippen molar-refractivity contribution >= 4 is 11.4 Å². The normalized spacial score (nSPS) is 16.1. The number of hydrogen-bond donors (Lipinski definition) is 2. The van der Waals surface area contributed by atoms with Crippen molar-refractivity contribution < 1.29 is 4.74 Å². The summed E-state index contributed by atoms with van der Waals surface area (Å²) in [5.41, 5.74) is 7.55. The minimum absolute atomic E-state index is 0.626. The minimum atomic E-state index is 0.626. The summed E-state index contributed by atoms with van der Waals surface area (Å²) in [5.74, 6) is 0.812. The highest BCUT2D eigenvalue weighted by Gasteiger charge is 2.16. The second-order valence-corrected chi connectivity index (χ2v) is 3.77. The van der Waals surface area contributed by atoms with Crippen LogP contribution in [0.3, 0.4) is 0 Å². The molecule has 1 aliphatic carbocycles. The van der Waals surface area contributed by atoms with E-state index in [-0.39, 0.29) is 0 Å². The van der Waals surface area contributed by atoms with Crippen LogP contribution in [0, 0.1) is 0 Å². The van der Waals surface area contributed by atoms with E-state index in [2.05, 4.69) is 5.32 Å². The van der Waals surface area contributed by atoms with Gasteiger partial charge in [0.1, 0.15) is 5.75 Å². The van der Waals surface area contributed by atoms with E-state index in [9.17, 15) is 0 Å². The highest BCUT2D eigenvalue weighted by Crippen LogP contribution is 2.27. The Morgan fingerprint density at radius 3 is 2.71 bits per heavy atom. The first-order valence-corrected chi connectivity index (χ1v) is 4.99. The second-order valence-electron chi connectivity index (χ2n) is 3.77. The van der Waals surface area contributed by atoms with Gasteiger partial charge in [-0.2, -0.15) is 0 Å². The van der Waals surface area contributed by atoms with Gasteiger partial charge in [-0.3, -0.25) is 0 Å². The zero-order valence-electron chi connectivity index (χ0n) is 8.42. The number of ether oxygens (including phenoxy) is 1. The van der Waals surface area contributed by atoms with Crippen molar-refractivity contribution in [1.29, 1.82) is 0 Å². The first-order valence-electron chi connectivity index (χ1n) is 4.99. The number of hydrogen-bond acceptors (Lipinski definition) is 3. The molecule has 3 N–H and O–H groups in total. The molecular weight excluding hydrogens is 176 g/mol. The number of benzene rings is 1. The molecule has 0 radical (unpaired) electrons. The molecule has 0 unspecified atom stereocenters. The number of anilines is 2. The fourth-order valence-corrected chi connectivity index (χ4v) is 1.61. The summed E-state index contributed by atoms with van der Waals surface area (Å²) in [6, 6.07) is 6.38. The molecule has 3 heteroatoms. The number of nitrogens with one attached hydrogen (secondary N) is 1. The molecule has 1 aromatic carbocycles. The molecule has 0 saturated heterocycles. The van der Waals surface area contributed by atoms with Crippen LogP contribution in [-0.2, 0) is 0 Å². The minimum Gasteiger partial charge on any atom is -0.497 e. The smallest absolute Gasteiger partial charge is 0.122 e. The lowest BCUT2D eigenvalue weighted by molar-refractivity contribution is 0.414. The molecule has 1 aliphatic rings. The molecule has 0 amide bonds. The fraction of sp³-hybridized carbons (Fsp3) is 0.455. The predicted molar refractivity (Wildman–Crippen MR) is 58.7 cm³/mol. The lowest BCUT2D eigenvalue weighted by Crippen LogP contribution is -2.26. The zero-order chi connectivity index (χ0) is 9.97. The van der Waals surface area contributed by atoms with Crippen molar-refractivity contribution in [3.05, 3.63) is 18.2 Å². The monoisotopic (exact) mass is 192 g/mol. The Kier molecular flexibility index (Phi) is 2.48. The Hall–Kier alpha value is -1.38. The van der Waals surface area contributed by atoms with E-state index in [1.54, 1.807) is 7.11 Å². The Morgan fingerprint density at radius 1 is 1.36 bits per heavy atom. The van der Waals surface area contributed by atoms with Crippen LogP contribution in [0.25, 0.3) is 0 Å². The van der Waals surface area contributed by atoms with Gasteiger partial charge in [0.05, 0.1) is 7.11 Å². The number of methoxy groups -OCH3 is 1. The maximum atomic E-state index is 5.75. The van der Waals surface area contributed by atoms with Crippen LogP contribution in [0.1, 0.15) is 19.3 Å². The summed E-state index contributed by atoms with van der Waals surface area (Å²) in [4.78, 5) is 0.